The number of carbonyl (C=O) groups excluding carboxylic acids is 1. The van der Waals surface area contributed by atoms with E-state index in [0.717, 1.165) is 36.8 Å². The third-order valence-corrected chi connectivity index (χ3v) is 4.56. The van der Waals surface area contributed by atoms with Crippen molar-refractivity contribution < 1.29 is 4.79 Å². The van der Waals surface area contributed by atoms with Gasteiger partial charge in [0.05, 0.1) is 0 Å². The van der Waals surface area contributed by atoms with Crippen LogP contribution in [0.4, 0.5) is 0 Å². The summed E-state index contributed by atoms with van der Waals surface area (Å²) in [5, 5.41) is 0. The Balaban J connectivity index is 2.08. The van der Waals surface area contributed by atoms with Gasteiger partial charge in [-0.25, -0.2) is 0 Å². The molecule has 1 saturated heterocycles. The molecule has 0 saturated carbocycles. The Labute approximate surface area is 111 Å². The van der Waals surface area contributed by atoms with Crippen LogP contribution in [0.2, 0.25) is 0 Å². The van der Waals surface area contributed by atoms with Crippen LogP contribution in [-0.2, 0) is 0 Å². The lowest BCUT2D eigenvalue weighted by molar-refractivity contribution is 0.0764. The number of nitrogens with one attached hydrogen (secondary N) is 1. The lowest BCUT2D eigenvalue weighted by Gasteiger charge is -2.26. The molecule has 0 bridgehead atoms. The summed E-state index contributed by atoms with van der Waals surface area (Å²) >= 11 is 3.36. The van der Waals surface area contributed by atoms with Crippen LogP contribution in [-0.4, -0.2) is 28.9 Å². The standard InChI is InChI=1S/C13H19BrN2O/c1-3-13(4-2)5-6-16(9-13)12(17)11-7-10(14)8-15-11/h7-8,15H,3-6,9H2,1-2H3. The first-order chi connectivity index (χ1) is 8.10. The first-order valence-electron chi connectivity index (χ1n) is 6.23. The van der Waals surface area contributed by atoms with Gasteiger partial charge in [-0.3, -0.25) is 4.79 Å². The molecule has 0 atom stereocenters. The Morgan fingerprint density at radius 2 is 2.24 bits per heavy atom. The smallest absolute Gasteiger partial charge is 0.270 e. The average Bonchev–Trinajstić information content (AvgIpc) is 2.95. The van der Waals surface area contributed by atoms with Gasteiger partial charge < -0.3 is 9.88 Å². The third-order valence-electron chi connectivity index (χ3n) is 4.10. The second-order valence-electron chi connectivity index (χ2n) is 4.92. The summed E-state index contributed by atoms with van der Waals surface area (Å²) in [5.41, 5.74) is 1.03. The molecule has 2 heterocycles. The van der Waals surface area contributed by atoms with Gasteiger partial charge in [-0.05, 0) is 46.7 Å². The fraction of sp³-hybridized carbons (Fsp3) is 0.615. The monoisotopic (exact) mass is 298 g/mol. The molecule has 1 amide bonds. The Hall–Kier alpha value is -0.770. The highest BCUT2D eigenvalue weighted by Gasteiger charge is 2.37. The van der Waals surface area contributed by atoms with Gasteiger partial charge in [0.25, 0.3) is 5.91 Å². The van der Waals surface area contributed by atoms with Gasteiger partial charge in [-0.2, -0.15) is 0 Å². The molecular weight excluding hydrogens is 280 g/mol. The lowest BCUT2D eigenvalue weighted by atomic mass is 9.82. The minimum absolute atomic E-state index is 0.125. The summed E-state index contributed by atoms with van der Waals surface area (Å²) in [7, 11) is 0. The number of rotatable bonds is 3. The largest absolute Gasteiger partial charge is 0.356 e. The Morgan fingerprint density at radius 3 is 2.71 bits per heavy atom. The minimum Gasteiger partial charge on any atom is -0.356 e. The maximum absolute atomic E-state index is 12.3. The molecular formula is C13H19BrN2O. The molecule has 17 heavy (non-hydrogen) atoms. The number of nitrogens with zero attached hydrogens (tertiary/aromatic N) is 1. The Morgan fingerprint density at radius 1 is 1.53 bits per heavy atom. The van der Waals surface area contributed by atoms with Gasteiger partial charge in [-0.1, -0.05) is 13.8 Å². The maximum atomic E-state index is 12.3. The first kappa shape index (κ1) is 12.7. The van der Waals surface area contributed by atoms with Crippen LogP contribution >= 0.6 is 15.9 Å². The van der Waals surface area contributed by atoms with E-state index in [1.807, 2.05) is 11.0 Å². The van der Waals surface area contributed by atoms with Gasteiger partial charge in [0, 0.05) is 23.8 Å². The summed E-state index contributed by atoms with van der Waals surface area (Å²) in [6.07, 6.45) is 5.24. The van der Waals surface area contributed by atoms with Crippen LogP contribution in [0.15, 0.2) is 16.7 Å². The number of amides is 1. The molecule has 94 valence electrons. The number of aromatic nitrogens is 1. The number of carbonyl (C=O) groups is 1. The van der Waals surface area contributed by atoms with E-state index in [9.17, 15) is 4.79 Å². The number of H-pyrrole nitrogens is 1. The summed E-state index contributed by atoms with van der Waals surface area (Å²) < 4.78 is 0.928. The first-order valence-corrected chi connectivity index (χ1v) is 7.03. The summed E-state index contributed by atoms with van der Waals surface area (Å²) in [6, 6.07) is 1.85. The van der Waals surface area contributed by atoms with Crippen LogP contribution in [0.1, 0.15) is 43.6 Å². The molecule has 0 radical (unpaired) electrons. The molecule has 1 aromatic rings. The molecule has 0 aliphatic carbocycles. The molecule has 3 nitrogen and oxygen atoms in total. The summed E-state index contributed by atoms with van der Waals surface area (Å²) in [5.74, 6) is 0.125. The van der Waals surface area contributed by atoms with Crippen molar-refractivity contribution in [3.8, 4) is 0 Å². The highest BCUT2D eigenvalue weighted by Crippen LogP contribution is 2.37. The van der Waals surface area contributed by atoms with Gasteiger partial charge >= 0.3 is 0 Å². The predicted molar refractivity (Wildman–Crippen MR) is 72.0 cm³/mol. The van der Waals surface area contributed by atoms with E-state index in [-0.39, 0.29) is 5.91 Å². The van der Waals surface area contributed by atoms with Crippen LogP contribution in [0.5, 0.6) is 0 Å². The van der Waals surface area contributed by atoms with E-state index >= 15 is 0 Å². The van der Waals surface area contributed by atoms with Gasteiger partial charge in [-0.15, -0.1) is 0 Å². The highest BCUT2D eigenvalue weighted by atomic mass is 79.9. The normalized spacial score (nSPS) is 18.6. The van der Waals surface area contributed by atoms with Crippen molar-refractivity contribution in [3.05, 3.63) is 22.4 Å². The topological polar surface area (TPSA) is 36.1 Å². The van der Waals surface area contributed by atoms with Crippen molar-refractivity contribution in [3.63, 3.8) is 0 Å². The Kier molecular flexibility index (Phi) is 3.61. The molecule has 1 fully saturated rings. The lowest BCUT2D eigenvalue weighted by Crippen LogP contribution is -2.31. The zero-order chi connectivity index (χ0) is 12.5. The van der Waals surface area contributed by atoms with Gasteiger partial charge in [0.1, 0.15) is 5.69 Å². The number of halogens is 1. The van der Waals surface area contributed by atoms with Gasteiger partial charge in [0.2, 0.25) is 0 Å². The second-order valence-corrected chi connectivity index (χ2v) is 5.83. The van der Waals surface area contributed by atoms with Crippen LogP contribution in [0, 0.1) is 5.41 Å². The van der Waals surface area contributed by atoms with Gasteiger partial charge in [0.15, 0.2) is 0 Å². The SMILES string of the molecule is CCC1(CC)CCN(C(=O)c2cc(Br)c[nH]2)C1. The van der Waals surface area contributed by atoms with E-state index in [2.05, 4.69) is 34.8 Å². The van der Waals surface area contributed by atoms with Crippen molar-refractivity contribution in [2.75, 3.05) is 13.1 Å². The van der Waals surface area contributed by atoms with Crippen molar-refractivity contribution in [1.29, 1.82) is 0 Å². The van der Waals surface area contributed by atoms with Crippen molar-refractivity contribution in [2.24, 2.45) is 5.41 Å². The van der Waals surface area contributed by atoms with Crippen LogP contribution < -0.4 is 0 Å². The fourth-order valence-electron chi connectivity index (χ4n) is 2.60. The summed E-state index contributed by atoms with van der Waals surface area (Å²) in [4.78, 5) is 17.2. The zero-order valence-corrected chi connectivity index (χ0v) is 12.0. The molecule has 4 heteroatoms. The summed E-state index contributed by atoms with van der Waals surface area (Å²) in [6.45, 7) is 6.23. The predicted octanol–water partition coefficient (Wildman–Crippen LogP) is 3.43. The van der Waals surface area contributed by atoms with Crippen molar-refractivity contribution in [1.82, 2.24) is 9.88 Å². The molecule has 1 aliphatic heterocycles. The fourth-order valence-corrected chi connectivity index (χ4v) is 2.94. The molecule has 2 rings (SSSR count). The van der Waals surface area contributed by atoms with E-state index in [1.54, 1.807) is 6.20 Å². The van der Waals surface area contributed by atoms with E-state index in [1.165, 1.54) is 0 Å². The molecule has 0 aromatic carbocycles. The van der Waals surface area contributed by atoms with Crippen LogP contribution in [0.25, 0.3) is 0 Å². The molecule has 1 aliphatic rings. The molecule has 0 unspecified atom stereocenters. The number of hydrogen-bond acceptors (Lipinski definition) is 1. The molecule has 1 N–H and O–H groups in total. The van der Waals surface area contributed by atoms with E-state index < -0.39 is 0 Å². The number of hydrogen-bond donors (Lipinski definition) is 1. The molecule has 0 spiro atoms. The zero-order valence-electron chi connectivity index (χ0n) is 10.4. The highest BCUT2D eigenvalue weighted by molar-refractivity contribution is 9.10. The number of aromatic amines is 1. The molecule has 1 aromatic heterocycles. The number of likely N-dealkylation sites (tertiary alicyclic amines) is 1. The maximum Gasteiger partial charge on any atom is 0.270 e. The quantitative estimate of drug-likeness (QED) is 0.912. The second kappa shape index (κ2) is 4.84. The average molecular weight is 299 g/mol. The third kappa shape index (κ3) is 2.41. The minimum atomic E-state index is 0.125. The van der Waals surface area contributed by atoms with Crippen molar-refractivity contribution in [2.45, 2.75) is 33.1 Å². The van der Waals surface area contributed by atoms with Crippen LogP contribution in [0.3, 0.4) is 0 Å². The van der Waals surface area contributed by atoms with E-state index in [4.69, 9.17) is 0 Å². The van der Waals surface area contributed by atoms with Crippen molar-refractivity contribution >= 4 is 21.8 Å². The van der Waals surface area contributed by atoms with E-state index in [0.29, 0.717) is 11.1 Å². The Bertz CT molecular complexity index is 409.